The fraction of sp³-hybridized carbons (Fsp3) is 0.250. The van der Waals surface area contributed by atoms with Gasteiger partial charge in [0.2, 0.25) is 11.1 Å². The number of alkyl halides is 3. The lowest BCUT2D eigenvalue weighted by atomic mass is 10.0. The molecule has 3 aromatic rings. The first-order chi connectivity index (χ1) is 14.8. The smallest absolute Gasteiger partial charge is 0.416 e. The van der Waals surface area contributed by atoms with Gasteiger partial charge in [0.05, 0.1) is 18.7 Å². The zero-order valence-electron chi connectivity index (χ0n) is 16.5. The highest BCUT2D eigenvalue weighted by Crippen LogP contribution is 2.38. The molecule has 2 heterocycles. The summed E-state index contributed by atoms with van der Waals surface area (Å²) in [5.74, 6) is 0.834. The highest BCUT2D eigenvalue weighted by molar-refractivity contribution is 8.00. The van der Waals surface area contributed by atoms with E-state index in [-0.39, 0.29) is 5.69 Å². The van der Waals surface area contributed by atoms with Crippen molar-refractivity contribution in [2.75, 3.05) is 17.9 Å². The Hall–Kier alpha value is -3.21. The highest BCUT2D eigenvalue weighted by Gasteiger charge is 2.38. The largest absolute Gasteiger partial charge is 0.497 e. The molecule has 2 aromatic carbocycles. The number of aryl methyl sites for hydroxylation is 1. The lowest BCUT2D eigenvalue weighted by Crippen LogP contribution is -2.41. The van der Waals surface area contributed by atoms with Crippen molar-refractivity contribution >= 4 is 23.4 Å². The summed E-state index contributed by atoms with van der Waals surface area (Å²) in [4.78, 5) is 13.1. The van der Waals surface area contributed by atoms with Gasteiger partial charge in [-0.3, -0.25) is 4.79 Å². The number of carbonyl (C=O) groups is 1. The predicted molar refractivity (Wildman–Crippen MR) is 110 cm³/mol. The molecule has 1 aliphatic rings. The monoisotopic (exact) mass is 449 g/mol. The summed E-state index contributed by atoms with van der Waals surface area (Å²) in [5, 5.41) is 10.5. The topological polar surface area (TPSA) is 81.1 Å². The van der Waals surface area contributed by atoms with E-state index >= 15 is 0 Å². The van der Waals surface area contributed by atoms with E-state index in [0.717, 1.165) is 17.7 Å². The Balaban J connectivity index is 1.64. The molecular formula is C20H18F3N5O2S. The first kappa shape index (κ1) is 21.0. The number of nitrogens with one attached hydrogen (secondary N) is 2. The first-order valence-corrected chi connectivity index (χ1v) is 10.1. The average molecular weight is 449 g/mol. The Morgan fingerprint density at radius 1 is 1.19 bits per heavy atom. The number of rotatable bonds is 4. The zero-order chi connectivity index (χ0) is 22.2. The molecule has 7 nitrogen and oxygen atoms in total. The number of halogens is 3. The molecule has 0 aliphatic carbocycles. The van der Waals surface area contributed by atoms with Gasteiger partial charge in [0, 0.05) is 5.69 Å². The molecule has 2 atom stereocenters. The third-order valence-corrected chi connectivity index (χ3v) is 6.00. The standard InChI is InChI=1S/C20H18F3N5O2S/c1-11-25-26-19-28(11)27-16(12-6-8-15(30-2)9-7-12)17(31-19)18(29)24-14-5-3-4-13(10-14)20(21,22)23/h3-10,16-17,27H,1-2H3,(H,24,29)/t16-,17+/m1/s1. The van der Waals surface area contributed by atoms with Crippen LogP contribution in [-0.4, -0.2) is 33.1 Å². The lowest BCUT2D eigenvalue weighted by molar-refractivity contribution is -0.137. The SMILES string of the molecule is COc1ccc([C@H]2Nn3c(C)nnc3S[C@@H]2C(=O)Nc2cccc(C(F)(F)F)c2)cc1. The van der Waals surface area contributed by atoms with E-state index in [1.165, 1.54) is 23.9 Å². The third kappa shape index (κ3) is 4.31. The van der Waals surface area contributed by atoms with Crippen LogP contribution in [-0.2, 0) is 11.0 Å². The summed E-state index contributed by atoms with van der Waals surface area (Å²) < 4.78 is 45.9. The molecule has 0 fully saturated rings. The normalized spacial score (nSPS) is 18.1. The van der Waals surface area contributed by atoms with Crippen molar-refractivity contribution in [2.45, 2.75) is 29.5 Å². The number of hydrogen-bond donors (Lipinski definition) is 2. The van der Waals surface area contributed by atoms with E-state index in [9.17, 15) is 18.0 Å². The van der Waals surface area contributed by atoms with Crippen LogP contribution in [0.3, 0.4) is 0 Å². The van der Waals surface area contributed by atoms with Gasteiger partial charge in [-0.2, -0.15) is 13.2 Å². The zero-order valence-corrected chi connectivity index (χ0v) is 17.3. The molecule has 0 saturated heterocycles. The number of anilines is 1. The molecule has 0 radical (unpaired) electrons. The summed E-state index contributed by atoms with van der Waals surface area (Å²) in [5.41, 5.74) is 3.28. The maximum Gasteiger partial charge on any atom is 0.416 e. The minimum absolute atomic E-state index is 0.0668. The summed E-state index contributed by atoms with van der Waals surface area (Å²) in [7, 11) is 1.56. The molecule has 0 spiro atoms. The van der Waals surface area contributed by atoms with Crippen molar-refractivity contribution in [3.05, 3.63) is 65.5 Å². The van der Waals surface area contributed by atoms with Crippen LogP contribution in [0.2, 0.25) is 0 Å². The summed E-state index contributed by atoms with van der Waals surface area (Å²) >= 11 is 1.19. The van der Waals surface area contributed by atoms with Crippen molar-refractivity contribution in [3.8, 4) is 5.75 Å². The minimum atomic E-state index is -4.50. The van der Waals surface area contributed by atoms with Crippen LogP contribution in [0, 0.1) is 6.92 Å². The fourth-order valence-electron chi connectivity index (χ4n) is 3.21. The van der Waals surface area contributed by atoms with E-state index < -0.39 is 28.9 Å². The van der Waals surface area contributed by atoms with Gasteiger partial charge in [-0.1, -0.05) is 30.0 Å². The van der Waals surface area contributed by atoms with Crippen molar-refractivity contribution in [1.82, 2.24) is 14.9 Å². The van der Waals surface area contributed by atoms with Gasteiger partial charge >= 0.3 is 6.18 Å². The summed E-state index contributed by atoms with van der Waals surface area (Å²) in [6.07, 6.45) is -4.50. The van der Waals surface area contributed by atoms with Crippen LogP contribution in [0.1, 0.15) is 23.0 Å². The summed E-state index contributed by atoms with van der Waals surface area (Å²) in [6, 6.07) is 11.3. The van der Waals surface area contributed by atoms with Crippen molar-refractivity contribution in [2.24, 2.45) is 0 Å². The number of amides is 1. The van der Waals surface area contributed by atoms with Gasteiger partial charge in [0.25, 0.3) is 0 Å². The number of hydrogen-bond acceptors (Lipinski definition) is 6. The second-order valence-electron chi connectivity index (χ2n) is 6.85. The number of ether oxygens (including phenoxy) is 1. The summed E-state index contributed by atoms with van der Waals surface area (Å²) in [6.45, 7) is 1.78. The Bertz CT molecular complexity index is 1100. The number of fused-ring (bicyclic) bond motifs is 1. The molecule has 11 heteroatoms. The molecule has 0 bridgehead atoms. The third-order valence-electron chi connectivity index (χ3n) is 4.79. The maximum atomic E-state index is 13.1. The van der Waals surface area contributed by atoms with E-state index in [1.54, 1.807) is 30.8 Å². The molecule has 0 unspecified atom stereocenters. The van der Waals surface area contributed by atoms with Crippen LogP contribution in [0.5, 0.6) is 5.75 Å². The van der Waals surface area contributed by atoms with E-state index in [2.05, 4.69) is 20.9 Å². The van der Waals surface area contributed by atoms with Crippen LogP contribution in [0.25, 0.3) is 0 Å². The number of methoxy groups -OCH3 is 1. The molecule has 1 amide bonds. The highest BCUT2D eigenvalue weighted by atomic mass is 32.2. The molecular weight excluding hydrogens is 431 g/mol. The van der Waals surface area contributed by atoms with Crippen molar-refractivity contribution in [3.63, 3.8) is 0 Å². The predicted octanol–water partition coefficient (Wildman–Crippen LogP) is 4.01. The van der Waals surface area contributed by atoms with Crippen LogP contribution in [0.15, 0.2) is 53.7 Å². The van der Waals surface area contributed by atoms with E-state index in [4.69, 9.17) is 4.74 Å². The van der Waals surface area contributed by atoms with Crippen LogP contribution in [0.4, 0.5) is 18.9 Å². The number of benzene rings is 2. The van der Waals surface area contributed by atoms with Gasteiger partial charge in [-0.05, 0) is 42.8 Å². The minimum Gasteiger partial charge on any atom is -0.497 e. The number of thioether (sulfide) groups is 1. The van der Waals surface area contributed by atoms with E-state index in [0.29, 0.717) is 16.7 Å². The number of aromatic nitrogens is 3. The molecule has 31 heavy (non-hydrogen) atoms. The quantitative estimate of drug-likeness (QED) is 0.627. The Labute approximate surface area is 180 Å². The fourth-order valence-corrected chi connectivity index (χ4v) is 4.33. The van der Waals surface area contributed by atoms with Gasteiger partial charge < -0.3 is 15.5 Å². The lowest BCUT2D eigenvalue weighted by Gasteiger charge is -2.32. The van der Waals surface area contributed by atoms with Gasteiger partial charge in [0.15, 0.2) is 0 Å². The van der Waals surface area contributed by atoms with Crippen molar-refractivity contribution in [1.29, 1.82) is 0 Å². The molecule has 162 valence electrons. The maximum absolute atomic E-state index is 13.1. The second kappa shape index (κ2) is 8.14. The molecule has 1 aliphatic heterocycles. The Morgan fingerprint density at radius 2 is 1.94 bits per heavy atom. The molecule has 4 rings (SSSR count). The second-order valence-corrected chi connectivity index (χ2v) is 7.96. The van der Waals surface area contributed by atoms with Crippen LogP contribution < -0.4 is 15.5 Å². The van der Waals surface area contributed by atoms with Gasteiger partial charge in [-0.15, -0.1) is 10.2 Å². The average Bonchev–Trinajstić information content (AvgIpc) is 3.12. The molecule has 0 saturated carbocycles. The van der Waals surface area contributed by atoms with Gasteiger partial charge in [-0.25, -0.2) is 4.68 Å². The van der Waals surface area contributed by atoms with Crippen LogP contribution >= 0.6 is 11.8 Å². The molecule has 2 N–H and O–H groups in total. The number of nitrogens with zero attached hydrogens (tertiary/aromatic N) is 3. The Morgan fingerprint density at radius 3 is 2.61 bits per heavy atom. The first-order valence-electron chi connectivity index (χ1n) is 9.23. The number of carbonyl (C=O) groups excluding carboxylic acids is 1. The van der Waals surface area contributed by atoms with Crippen molar-refractivity contribution < 1.29 is 22.7 Å². The van der Waals surface area contributed by atoms with E-state index in [1.807, 2.05) is 12.1 Å². The molecule has 1 aromatic heterocycles. The van der Waals surface area contributed by atoms with Gasteiger partial charge in [0.1, 0.15) is 16.8 Å². The Kier molecular flexibility index (Phi) is 5.52.